The maximum Gasteiger partial charge on any atom is 0.263 e. The van der Waals surface area contributed by atoms with Gasteiger partial charge in [0.15, 0.2) is 5.60 Å². The van der Waals surface area contributed by atoms with E-state index >= 15 is 0 Å². The van der Waals surface area contributed by atoms with Gasteiger partial charge >= 0.3 is 0 Å². The number of rotatable bonds is 8. The Morgan fingerprint density at radius 2 is 2.00 bits per heavy atom. The topological polar surface area (TPSA) is 65.4 Å². The Balaban J connectivity index is 1.95. The summed E-state index contributed by atoms with van der Waals surface area (Å²) in [5, 5.41) is 7.19. The lowest BCUT2D eigenvalue weighted by molar-refractivity contribution is -0.134. The fourth-order valence-electron chi connectivity index (χ4n) is 2.03. The molecule has 1 heterocycles. The van der Waals surface area contributed by atoms with Crippen LogP contribution in [0.4, 0.5) is 0 Å². The van der Waals surface area contributed by atoms with Crippen LogP contribution in [0.5, 0.6) is 5.88 Å². The van der Waals surface area contributed by atoms with Crippen LogP contribution in [0.1, 0.15) is 20.3 Å². The van der Waals surface area contributed by atoms with Gasteiger partial charge in [0.05, 0.1) is 5.69 Å². The van der Waals surface area contributed by atoms with Gasteiger partial charge in [-0.1, -0.05) is 18.2 Å². The van der Waals surface area contributed by atoms with Crippen LogP contribution in [-0.2, 0) is 9.53 Å². The molecule has 0 saturated heterocycles. The molecule has 1 N–H and O–H groups in total. The minimum absolute atomic E-state index is 0.178. The second-order valence-electron chi connectivity index (χ2n) is 5.65. The molecule has 0 atom stereocenters. The second-order valence-corrected chi connectivity index (χ2v) is 5.65. The molecule has 1 amide bonds. The number of nitrogens with one attached hydrogen (secondary N) is 1. The van der Waals surface area contributed by atoms with Gasteiger partial charge < -0.3 is 14.8 Å². The van der Waals surface area contributed by atoms with Gasteiger partial charge in [-0.05, 0) is 32.4 Å². The molecule has 6 heteroatoms. The van der Waals surface area contributed by atoms with E-state index < -0.39 is 5.60 Å². The van der Waals surface area contributed by atoms with Gasteiger partial charge in [0.1, 0.15) is 0 Å². The van der Waals surface area contributed by atoms with E-state index in [0.717, 1.165) is 12.1 Å². The van der Waals surface area contributed by atoms with Crippen LogP contribution < -0.4 is 10.1 Å². The van der Waals surface area contributed by atoms with Crippen molar-refractivity contribution in [2.75, 3.05) is 20.3 Å². The number of hydrogen-bond donors (Lipinski definition) is 1. The number of para-hydroxylation sites is 1. The molecule has 23 heavy (non-hydrogen) atoms. The monoisotopic (exact) mass is 317 g/mol. The molecule has 0 aliphatic rings. The van der Waals surface area contributed by atoms with Crippen LogP contribution in [0.25, 0.3) is 5.69 Å². The lowest BCUT2D eigenvalue weighted by Gasteiger charge is -2.23. The standard InChI is InChI=1S/C17H23N3O3/c1-17(2,16(21)18-11-7-13-22-3)23-15-10-12-20(19-15)14-8-5-4-6-9-14/h4-6,8-10,12H,7,11,13H2,1-3H3,(H,18,21). The van der Waals surface area contributed by atoms with E-state index in [1.807, 2.05) is 30.3 Å². The molecule has 1 aromatic carbocycles. The first kappa shape index (κ1) is 17.0. The number of carbonyl (C=O) groups is 1. The molecule has 0 unspecified atom stereocenters. The van der Waals surface area contributed by atoms with Crippen LogP contribution in [0.2, 0.25) is 0 Å². The number of hydrogen-bond acceptors (Lipinski definition) is 4. The van der Waals surface area contributed by atoms with Crippen molar-refractivity contribution in [3.05, 3.63) is 42.6 Å². The highest BCUT2D eigenvalue weighted by atomic mass is 16.5. The molecule has 0 aliphatic heterocycles. The van der Waals surface area contributed by atoms with Crippen LogP contribution >= 0.6 is 0 Å². The third kappa shape index (κ3) is 4.82. The van der Waals surface area contributed by atoms with Gasteiger partial charge in [-0.15, -0.1) is 5.10 Å². The number of amides is 1. The first-order chi connectivity index (χ1) is 11.0. The number of methoxy groups -OCH3 is 1. The largest absolute Gasteiger partial charge is 0.460 e. The van der Waals surface area contributed by atoms with Crippen molar-refractivity contribution in [2.24, 2.45) is 0 Å². The first-order valence-electron chi connectivity index (χ1n) is 7.60. The Morgan fingerprint density at radius 3 is 2.70 bits per heavy atom. The lowest BCUT2D eigenvalue weighted by atomic mass is 10.1. The molecule has 6 nitrogen and oxygen atoms in total. The summed E-state index contributed by atoms with van der Waals surface area (Å²) in [6, 6.07) is 11.5. The SMILES string of the molecule is COCCCNC(=O)C(C)(C)Oc1ccn(-c2ccccc2)n1. The molecule has 0 saturated carbocycles. The molecule has 0 fully saturated rings. The van der Waals surface area contributed by atoms with Gasteiger partial charge in [-0.25, -0.2) is 4.68 Å². The Bertz CT molecular complexity index is 623. The number of ether oxygens (including phenoxy) is 2. The Labute approximate surface area is 136 Å². The van der Waals surface area contributed by atoms with Crippen molar-refractivity contribution in [3.8, 4) is 11.6 Å². The highest BCUT2D eigenvalue weighted by Gasteiger charge is 2.30. The molecular formula is C17H23N3O3. The highest BCUT2D eigenvalue weighted by Crippen LogP contribution is 2.18. The zero-order valence-electron chi connectivity index (χ0n) is 13.8. The Hall–Kier alpha value is -2.34. The molecule has 2 aromatic rings. The second kappa shape index (κ2) is 7.78. The number of carbonyl (C=O) groups excluding carboxylic acids is 1. The smallest absolute Gasteiger partial charge is 0.263 e. The normalized spacial score (nSPS) is 11.3. The quantitative estimate of drug-likeness (QED) is 0.758. The van der Waals surface area contributed by atoms with Gasteiger partial charge in [0.2, 0.25) is 5.88 Å². The minimum atomic E-state index is -0.997. The average Bonchev–Trinajstić information content (AvgIpc) is 3.00. The maximum absolute atomic E-state index is 12.2. The molecule has 124 valence electrons. The molecule has 0 spiro atoms. The van der Waals surface area contributed by atoms with Crippen LogP contribution in [0.3, 0.4) is 0 Å². The van der Waals surface area contributed by atoms with Crippen molar-refractivity contribution < 1.29 is 14.3 Å². The van der Waals surface area contributed by atoms with Crippen LogP contribution in [0, 0.1) is 0 Å². The van der Waals surface area contributed by atoms with Crippen molar-refractivity contribution in [2.45, 2.75) is 25.9 Å². The van der Waals surface area contributed by atoms with Crippen molar-refractivity contribution in [1.82, 2.24) is 15.1 Å². The molecule has 0 radical (unpaired) electrons. The van der Waals surface area contributed by atoms with E-state index in [9.17, 15) is 4.79 Å². The predicted octanol–water partition coefficient (Wildman–Crippen LogP) is 2.18. The number of aromatic nitrogens is 2. The fraction of sp³-hybridized carbons (Fsp3) is 0.412. The first-order valence-corrected chi connectivity index (χ1v) is 7.60. The average molecular weight is 317 g/mol. The summed E-state index contributed by atoms with van der Waals surface area (Å²) in [5.41, 5.74) is -0.0627. The number of benzene rings is 1. The van der Waals surface area contributed by atoms with Crippen molar-refractivity contribution in [3.63, 3.8) is 0 Å². The summed E-state index contributed by atoms with van der Waals surface area (Å²) < 4.78 is 12.4. The van der Waals surface area contributed by atoms with Crippen molar-refractivity contribution >= 4 is 5.91 Å². The van der Waals surface area contributed by atoms with Gasteiger partial charge in [-0.2, -0.15) is 0 Å². The van der Waals surface area contributed by atoms with Gasteiger partial charge in [0, 0.05) is 32.5 Å². The maximum atomic E-state index is 12.2. The summed E-state index contributed by atoms with van der Waals surface area (Å²) >= 11 is 0. The zero-order valence-corrected chi connectivity index (χ0v) is 13.8. The molecule has 2 rings (SSSR count). The van der Waals surface area contributed by atoms with Gasteiger partial charge in [0.25, 0.3) is 5.91 Å². The Morgan fingerprint density at radius 1 is 1.26 bits per heavy atom. The third-order valence-corrected chi connectivity index (χ3v) is 3.30. The molecule has 0 bridgehead atoms. The van der Waals surface area contributed by atoms with E-state index in [0.29, 0.717) is 19.0 Å². The zero-order chi connectivity index (χ0) is 16.7. The van der Waals surface area contributed by atoms with Crippen LogP contribution in [-0.4, -0.2) is 41.6 Å². The van der Waals surface area contributed by atoms with E-state index in [1.54, 1.807) is 37.9 Å². The van der Waals surface area contributed by atoms with Crippen LogP contribution in [0.15, 0.2) is 42.6 Å². The van der Waals surface area contributed by atoms with E-state index in [-0.39, 0.29) is 5.91 Å². The van der Waals surface area contributed by atoms with Crippen molar-refractivity contribution in [1.29, 1.82) is 0 Å². The number of nitrogens with zero attached hydrogens (tertiary/aromatic N) is 2. The summed E-state index contributed by atoms with van der Waals surface area (Å²) in [7, 11) is 1.64. The van der Waals surface area contributed by atoms with E-state index in [2.05, 4.69) is 10.4 Å². The summed E-state index contributed by atoms with van der Waals surface area (Å²) in [6.45, 7) is 4.61. The minimum Gasteiger partial charge on any atom is -0.460 e. The summed E-state index contributed by atoms with van der Waals surface area (Å²) in [5.74, 6) is 0.230. The third-order valence-electron chi connectivity index (χ3n) is 3.30. The lowest BCUT2D eigenvalue weighted by Crippen LogP contribution is -2.47. The van der Waals surface area contributed by atoms with E-state index in [1.165, 1.54) is 0 Å². The molecular weight excluding hydrogens is 294 g/mol. The predicted molar refractivity (Wildman–Crippen MR) is 87.8 cm³/mol. The molecule has 1 aromatic heterocycles. The van der Waals surface area contributed by atoms with E-state index in [4.69, 9.17) is 9.47 Å². The fourth-order valence-corrected chi connectivity index (χ4v) is 2.03. The Kier molecular flexibility index (Phi) is 5.76. The molecule has 0 aliphatic carbocycles. The summed E-state index contributed by atoms with van der Waals surface area (Å²) in [6.07, 6.45) is 2.57. The van der Waals surface area contributed by atoms with Gasteiger partial charge in [-0.3, -0.25) is 4.79 Å². The summed E-state index contributed by atoms with van der Waals surface area (Å²) in [4.78, 5) is 12.2. The highest BCUT2D eigenvalue weighted by molar-refractivity contribution is 5.84.